The number of carbonyl (C=O) groups excluding carboxylic acids is 1. The molecule has 270 valence electrons. The Morgan fingerprint density at radius 1 is 0.865 bits per heavy atom. The van der Waals surface area contributed by atoms with E-state index < -0.39 is 28.6 Å². The molecule has 1 amide bonds. The average Bonchev–Trinajstić information content (AvgIpc) is 3.67. The fourth-order valence-electron chi connectivity index (χ4n) is 6.71. The van der Waals surface area contributed by atoms with Gasteiger partial charge in [0.2, 0.25) is 5.91 Å². The van der Waals surface area contributed by atoms with Crippen LogP contribution in [-0.4, -0.2) is 44.4 Å². The normalized spacial score (nSPS) is 15.8. The number of halogens is 2. The summed E-state index contributed by atoms with van der Waals surface area (Å²) in [5, 5.41) is 19.9. The van der Waals surface area contributed by atoms with Gasteiger partial charge in [-0.15, -0.1) is 5.10 Å². The number of tetrazole rings is 1. The highest BCUT2D eigenvalue weighted by molar-refractivity contribution is 6.45. The van der Waals surface area contributed by atoms with Gasteiger partial charge < -0.3 is 14.6 Å². The van der Waals surface area contributed by atoms with Gasteiger partial charge in [0.25, 0.3) is 0 Å². The van der Waals surface area contributed by atoms with E-state index >= 15 is 0 Å². The fraction of sp³-hybridized carbons (Fsp3) is 0.350. The first-order valence-corrected chi connectivity index (χ1v) is 18.1. The molecule has 1 aliphatic heterocycles. The van der Waals surface area contributed by atoms with E-state index in [4.69, 9.17) is 20.9 Å². The second-order valence-corrected chi connectivity index (χ2v) is 14.7. The van der Waals surface area contributed by atoms with Crippen molar-refractivity contribution >= 4 is 24.6 Å². The molecule has 1 unspecified atom stereocenters. The SMILES string of the molecule is CC1(C)OB(CCCCC(NC(c2ccccc2)(c2ccccc2)c2ccccc2)c2nnnn2CC(=O)NCc2ccc(Cl)cc2F)OC1(C)C. The van der Waals surface area contributed by atoms with Crippen LogP contribution in [0, 0.1) is 5.82 Å². The first kappa shape index (κ1) is 37.3. The van der Waals surface area contributed by atoms with E-state index in [0.29, 0.717) is 17.8 Å². The molecule has 4 aromatic carbocycles. The van der Waals surface area contributed by atoms with Crippen LogP contribution in [0.3, 0.4) is 0 Å². The summed E-state index contributed by atoms with van der Waals surface area (Å²) >= 11 is 5.91. The Morgan fingerprint density at radius 2 is 1.42 bits per heavy atom. The molecule has 0 saturated carbocycles. The Bertz CT molecular complexity index is 1820. The third-order valence-electron chi connectivity index (χ3n) is 10.2. The lowest BCUT2D eigenvalue weighted by Gasteiger charge is -2.40. The number of aromatic nitrogens is 4. The Labute approximate surface area is 310 Å². The van der Waals surface area contributed by atoms with Crippen LogP contribution in [0.2, 0.25) is 11.3 Å². The lowest BCUT2D eigenvalue weighted by Crippen LogP contribution is -2.47. The largest absolute Gasteiger partial charge is 0.457 e. The van der Waals surface area contributed by atoms with Crippen LogP contribution in [0.5, 0.6) is 0 Å². The van der Waals surface area contributed by atoms with Gasteiger partial charge in [-0.1, -0.05) is 122 Å². The minimum absolute atomic E-state index is 0.000966. The van der Waals surface area contributed by atoms with E-state index in [1.165, 1.54) is 10.7 Å². The zero-order valence-corrected chi connectivity index (χ0v) is 30.8. The number of rotatable bonds is 15. The maximum atomic E-state index is 14.5. The van der Waals surface area contributed by atoms with Gasteiger partial charge in [-0.2, -0.15) is 0 Å². The van der Waals surface area contributed by atoms with Gasteiger partial charge in [-0.05, 0) is 79.7 Å². The monoisotopic (exact) mass is 722 g/mol. The molecule has 2 heterocycles. The van der Waals surface area contributed by atoms with E-state index in [9.17, 15) is 9.18 Å². The fourth-order valence-corrected chi connectivity index (χ4v) is 6.87. The molecule has 1 saturated heterocycles. The standard InChI is InChI=1S/C40H45BClFN6O3/c1-38(2)39(3,4)52-41(51-38)25-15-14-22-35(37-46-47-48-49(37)28-36(50)44-27-29-23-24-33(42)26-34(29)43)45-40(30-16-8-5-9-17-30,31-18-10-6-11-19-31)32-20-12-7-13-21-32/h5-13,16-21,23-24,26,35,45H,14-15,22,25,27-28H2,1-4H3,(H,44,50). The lowest BCUT2D eigenvalue weighted by atomic mass is 9.76. The van der Waals surface area contributed by atoms with Crippen molar-refractivity contribution in [2.45, 2.75) is 89.1 Å². The summed E-state index contributed by atoms with van der Waals surface area (Å²) in [4.78, 5) is 13.3. The molecule has 1 atom stereocenters. The minimum Gasteiger partial charge on any atom is -0.403 e. The van der Waals surface area contributed by atoms with Gasteiger partial charge in [-0.25, -0.2) is 9.07 Å². The van der Waals surface area contributed by atoms with E-state index in [1.54, 1.807) is 12.1 Å². The zero-order chi connectivity index (χ0) is 36.8. The van der Waals surface area contributed by atoms with Crippen molar-refractivity contribution in [3.05, 3.63) is 148 Å². The first-order valence-electron chi connectivity index (χ1n) is 17.7. The minimum atomic E-state index is -0.814. The van der Waals surface area contributed by atoms with Crippen molar-refractivity contribution in [2.24, 2.45) is 0 Å². The van der Waals surface area contributed by atoms with Gasteiger partial charge in [0, 0.05) is 17.1 Å². The Morgan fingerprint density at radius 3 is 1.96 bits per heavy atom. The molecule has 0 spiro atoms. The molecule has 0 radical (unpaired) electrons. The van der Waals surface area contributed by atoms with E-state index in [-0.39, 0.29) is 31.1 Å². The van der Waals surface area contributed by atoms with E-state index in [1.807, 2.05) is 54.6 Å². The predicted molar refractivity (Wildman–Crippen MR) is 201 cm³/mol. The summed E-state index contributed by atoms with van der Waals surface area (Å²) < 4.78 is 28.5. The van der Waals surface area contributed by atoms with E-state index in [0.717, 1.165) is 35.9 Å². The second-order valence-electron chi connectivity index (χ2n) is 14.2. The van der Waals surface area contributed by atoms with Gasteiger partial charge in [0.05, 0.1) is 22.8 Å². The predicted octanol–water partition coefficient (Wildman–Crippen LogP) is 7.67. The van der Waals surface area contributed by atoms with Crippen molar-refractivity contribution < 1.29 is 18.5 Å². The van der Waals surface area contributed by atoms with Gasteiger partial charge in [0.15, 0.2) is 5.82 Å². The van der Waals surface area contributed by atoms with Gasteiger partial charge >= 0.3 is 7.12 Å². The van der Waals surface area contributed by atoms with Crippen molar-refractivity contribution in [1.82, 2.24) is 30.8 Å². The highest BCUT2D eigenvalue weighted by Gasteiger charge is 2.50. The molecule has 6 rings (SSSR count). The molecule has 0 aliphatic carbocycles. The van der Waals surface area contributed by atoms with Crippen LogP contribution in [-0.2, 0) is 32.7 Å². The molecule has 5 aromatic rings. The number of unbranched alkanes of at least 4 members (excludes halogenated alkanes) is 1. The number of nitrogens with zero attached hydrogens (tertiary/aromatic N) is 4. The highest BCUT2D eigenvalue weighted by atomic mass is 35.5. The number of benzene rings is 4. The molecule has 9 nitrogen and oxygen atoms in total. The van der Waals surface area contributed by atoms with Gasteiger partial charge in [-0.3, -0.25) is 10.1 Å². The highest BCUT2D eigenvalue weighted by Crippen LogP contribution is 2.41. The van der Waals surface area contributed by atoms with Crippen LogP contribution in [0.15, 0.2) is 109 Å². The average molecular weight is 723 g/mol. The Balaban J connectivity index is 1.31. The second kappa shape index (κ2) is 16.1. The third kappa shape index (κ3) is 8.28. The summed E-state index contributed by atoms with van der Waals surface area (Å²) in [6.45, 7) is 8.09. The van der Waals surface area contributed by atoms with Gasteiger partial charge in [0.1, 0.15) is 12.4 Å². The maximum absolute atomic E-state index is 14.5. The molecule has 1 aromatic heterocycles. The molecular weight excluding hydrogens is 678 g/mol. The van der Waals surface area contributed by atoms with Crippen LogP contribution < -0.4 is 10.6 Å². The first-order chi connectivity index (χ1) is 25.0. The summed E-state index contributed by atoms with van der Waals surface area (Å²) in [6, 6.07) is 34.9. The molecule has 12 heteroatoms. The van der Waals surface area contributed by atoms with Crippen LogP contribution >= 0.6 is 11.6 Å². The quantitative estimate of drug-likeness (QED) is 0.0650. The summed E-state index contributed by atoms with van der Waals surface area (Å²) in [7, 11) is -0.298. The van der Waals surface area contributed by atoms with Crippen molar-refractivity contribution in [1.29, 1.82) is 0 Å². The molecule has 1 aliphatic rings. The number of amides is 1. The molecular formula is C40H45BClFN6O3. The Kier molecular flexibility index (Phi) is 11.5. The molecule has 52 heavy (non-hydrogen) atoms. The van der Waals surface area contributed by atoms with Crippen molar-refractivity contribution in [3.8, 4) is 0 Å². The number of nitrogens with one attached hydrogen (secondary N) is 2. The summed E-state index contributed by atoms with van der Waals surface area (Å²) in [6.07, 6.45) is 3.00. The van der Waals surface area contributed by atoms with Crippen LogP contribution in [0.1, 0.15) is 81.1 Å². The van der Waals surface area contributed by atoms with Crippen LogP contribution in [0.25, 0.3) is 0 Å². The van der Waals surface area contributed by atoms with E-state index in [2.05, 4.69) is 90.3 Å². The molecule has 2 N–H and O–H groups in total. The molecule has 0 bridgehead atoms. The number of carbonyl (C=O) groups is 1. The number of hydrogen-bond donors (Lipinski definition) is 2. The van der Waals surface area contributed by atoms with Crippen molar-refractivity contribution in [2.75, 3.05) is 0 Å². The molecule has 1 fully saturated rings. The van der Waals surface area contributed by atoms with Crippen LogP contribution in [0.4, 0.5) is 4.39 Å². The van der Waals surface area contributed by atoms with Crippen molar-refractivity contribution in [3.63, 3.8) is 0 Å². The Hall–Kier alpha value is -4.42. The topological polar surface area (TPSA) is 103 Å². The maximum Gasteiger partial charge on any atom is 0.457 e. The zero-order valence-electron chi connectivity index (χ0n) is 30.1. The number of hydrogen-bond acceptors (Lipinski definition) is 7. The lowest BCUT2D eigenvalue weighted by molar-refractivity contribution is -0.122. The smallest absolute Gasteiger partial charge is 0.403 e. The third-order valence-corrected chi connectivity index (χ3v) is 10.4. The summed E-state index contributed by atoms with van der Waals surface area (Å²) in [5.41, 5.74) is 1.83. The summed E-state index contributed by atoms with van der Waals surface area (Å²) in [5.74, 6) is -0.335.